The van der Waals surface area contributed by atoms with E-state index in [9.17, 15) is 9.59 Å². The van der Waals surface area contributed by atoms with Crippen molar-refractivity contribution in [2.24, 2.45) is 11.8 Å². The molecule has 2 N–H and O–H groups in total. The zero-order valence-corrected chi connectivity index (χ0v) is 15.3. The molecule has 0 bridgehead atoms. The fourth-order valence-corrected chi connectivity index (χ4v) is 3.44. The van der Waals surface area contributed by atoms with Gasteiger partial charge >= 0.3 is 0 Å². The van der Waals surface area contributed by atoms with Crippen LogP contribution in [-0.2, 0) is 9.59 Å². The molecule has 2 amide bonds. The third-order valence-electron chi connectivity index (χ3n) is 4.99. The third-order valence-corrected chi connectivity index (χ3v) is 4.99. The van der Waals surface area contributed by atoms with E-state index in [4.69, 9.17) is 10.5 Å². The minimum atomic E-state index is -0.142. The van der Waals surface area contributed by atoms with E-state index in [1.807, 2.05) is 0 Å². The highest BCUT2D eigenvalue weighted by Gasteiger charge is 2.30. The van der Waals surface area contributed by atoms with Gasteiger partial charge < -0.3 is 10.6 Å². The fraction of sp³-hybridized carbons (Fsp3) is 0.273. The Morgan fingerprint density at radius 2 is 1.14 bits per heavy atom. The van der Waals surface area contributed by atoms with Gasteiger partial charge in [-0.15, -0.1) is 0 Å². The van der Waals surface area contributed by atoms with Gasteiger partial charge in [-0.1, -0.05) is 12.1 Å². The second-order valence-electron chi connectivity index (χ2n) is 6.91. The number of nitriles is 2. The first-order valence-corrected chi connectivity index (χ1v) is 9.21. The van der Waals surface area contributed by atoms with Crippen LogP contribution in [-0.4, -0.2) is 11.8 Å². The highest BCUT2D eigenvalue weighted by molar-refractivity contribution is 5.94. The first kappa shape index (κ1) is 19.1. The van der Waals surface area contributed by atoms with Crippen LogP contribution in [0.4, 0.5) is 11.4 Å². The Hall–Kier alpha value is -3.64. The lowest BCUT2D eigenvalue weighted by Crippen LogP contribution is -2.32. The summed E-state index contributed by atoms with van der Waals surface area (Å²) in [6, 6.07) is 17.7. The fourth-order valence-electron chi connectivity index (χ4n) is 3.44. The second kappa shape index (κ2) is 8.83. The quantitative estimate of drug-likeness (QED) is 0.851. The van der Waals surface area contributed by atoms with E-state index in [2.05, 4.69) is 22.8 Å². The lowest BCUT2D eigenvalue weighted by Gasteiger charge is -2.27. The van der Waals surface area contributed by atoms with Crippen molar-refractivity contribution in [1.82, 2.24) is 0 Å². The molecule has 0 aliphatic heterocycles. The standard InChI is InChI=1S/C22H20N4O2/c23-13-15-3-1-5-19(11-15)25-21(27)17-7-9-18(10-8-17)22(28)26-20-6-2-4-16(12-20)14-24/h1-6,11-12,17-18H,7-10H2,(H,25,27)(H,26,28). The molecule has 3 rings (SSSR count). The smallest absolute Gasteiger partial charge is 0.227 e. The van der Waals surface area contributed by atoms with Crippen LogP contribution < -0.4 is 10.6 Å². The Morgan fingerprint density at radius 1 is 0.750 bits per heavy atom. The van der Waals surface area contributed by atoms with Crippen LogP contribution in [0.2, 0.25) is 0 Å². The zero-order valence-electron chi connectivity index (χ0n) is 15.3. The topological polar surface area (TPSA) is 106 Å². The molecular formula is C22H20N4O2. The van der Waals surface area contributed by atoms with Gasteiger partial charge in [0, 0.05) is 23.2 Å². The van der Waals surface area contributed by atoms with Gasteiger partial charge in [-0.05, 0) is 62.1 Å². The molecule has 2 aromatic carbocycles. The van der Waals surface area contributed by atoms with E-state index in [0.717, 1.165) is 0 Å². The zero-order chi connectivity index (χ0) is 19.9. The molecule has 2 aromatic rings. The molecule has 0 heterocycles. The summed E-state index contributed by atoms with van der Waals surface area (Å²) in [6.45, 7) is 0. The average molecular weight is 372 g/mol. The number of nitrogens with zero attached hydrogens (tertiary/aromatic N) is 2. The van der Waals surface area contributed by atoms with E-state index in [0.29, 0.717) is 48.2 Å². The monoisotopic (exact) mass is 372 g/mol. The van der Waals surface area contributed by atoms with Crippen LogP contribution in [0, 0.1) is 34.5 Å². The molecule has 28 heavy (non-hydrogen) atoms. The summed E-state index contributed by atoms with van der Waals surface area (Å²) in [5, 5.41) is 23.6. The van der Waals surface area contributed by atoms with Crippen molar-refractivity contribution in [3.63, 3.8) is 0 Å². The molecule has 1 saturated carbocycles. The van der Waals surface area contributed by atoms with Crippen LogP contribution in [0.15, 0.2) is 48.5 Å². The highest BCUT2D eigenvalue weighted by atomic mass is 16.2. The van der Waals surface area contributed by atoms with Crippen molar-refractivity contribution in [2.45, 2.75) is 25.7 Å². The summed E-state index contributed by atoms with van der Waals surface area (Å²) in [5.74, 6) is -0.431. The molecule has 140 valence electrons. The van der Waals surface area contributed by atoms with Crippen LogP contribution in [0.5, 0.6) is 0 Å². The van der Waals surface area contributed by atoms with Crippen LogP contribution in [0.1, 0.15) is 36.8 Å². The van der Waals surface area contributed by atoms with Gasteiger partial charge in [-0.2, -0.15) is 10.5 Å². The SMILES string of the molecule is N#Cc1cccc(NC(=O)C2CCC(C(=O)Nc3cccc(C#N)c3)CC2)c1. The van der Waals surface area contributed by atoms with E-state index < -0.39 is 0 Å². The largest absolute Gasteiger partial charge is 0.326 e. The van der Waals surface area contributed by atoms with Gasteiger partial charge in [-0.3, -0.25) is 9.59 Å². The molecular weight excluding hydrogens is 352 g/mol. The van der Waals surface area contributed by atoms with Crippen LogP contribution in [0.3, 0.4) is 0 Å². The normalized spacial score (nSPS) is 18.4. The van der Waals surface area contributed by atoms with Crippen molar-refractivity contribution in [3.8, 4) is 12.1 Å². The molecule has 6 nitrogen and oxygen atoms in total. The number of amides is 2. The molecule has 1 fully saturated rings. The van der Waals surface area contributed by atoms with E-state index in [1.54, 1.807) is 48.5 Å². The van der Waals surface area contributed by atoms with Gasteiger partial charge in [0.1, 0.15) is 0 Å². The third kappa shape index (κ3) is 4.75. The molecule has 0 radical (unpaired) electrons. The van der Waals surface area contributed by atoms with Crippen LogP contribution >= 0.6 is 0 Å². The summed E-state index contributed by atoms with van der Waals surface area (Å²) < 4.78 is 0. The molecule has 0 unspecified atom stereocenters. The Labute approximate surface area is 163 Å². The minimum Gasteiger partial charge on any atom is -0.326 e. The molecule has 0 aromatic heterocycles. The van der Waals surface area contributed by atoms with Gasteiger partial charge in [0.05, 0.1) is 23.3 Å². The predicted molar refractivity (Wildman–Crippen MR) is 105 cm³/mol. The highest BCUT2D eigenvalue weighted by Crippen LogP contribution is 2.30. The first-order chi connectivity index (χ1) is 13.6. The Balaban J connectivity index is 1.52. The van der Waals surface area contributed by atoms with Gasteiger partial charge in [0.15, 0.2) is 0 Å². The van der Waals surface area contributed by atoms with E-state index >= 15 is 0 Å². The number of hydrogen-bond acceptors (Lipinski definition) is 4. The number of rotatable bonds is 4. The maximum atomic E-state index is 12.5. The molecule has 0 spiro atoms. The lowest BCUT2D eigenvalue weighted by molar-refractivity contribution is -0.125. The second-order valence-corrected chi connectivity index (χ2v) is 6.91. The Morgan fingerprint density at radius 3 is 1.50 bits per heavy atom. The summed E-state index contributed by atoms with van der Waals surface area (Å²) >= 11 is 0. The average Bonchev–Trinajstić information content (AvgIpc) is 2.74. The summed E-state index contributed by atoms with van der Waals surface area (Å²) in [6.07, 6.45) is 2.56. The van der Waals surface area contributed by atoms with Crippen molar-refractivity contribution >= 4 is 23.2 Å². The van der Waals surface area contributed by atoms with Gasteiger partial charge in [-0.25, -0.2) is 0 Å². The van der Waals surface area contributed by atoms with E-state index in [1.165, 1.54) is 0 Å². The van der Waals surface area contributed by atoms with E-state index in [-0.39, 0.29) is 23.7 Å². The van der Waals surface area contributed by atoms with Crippen molar-refractivity contribution < 1.29 is 9.59 Å². The Kier molecular flexibility index (Phi) is 6.04. The minimum absolute atomic E-state index is 0.0735. The maximum absolute atomic E-state index is 12.5. The summed E-state index contributed by atoms with van der Waals surface area (Å²) in [7, 11) is 0. The molecule has 0 atom stereocenters. The van der Waals surface area contributed by atoms with Crippen LogP contribution in [0.25, 0.3) is 0 Å². The number of nitrogens with one attached hydrogen (secondary N) is 2. The molecule has 0 saturated heterocycles. The summed E-state index contributed by atoms with van der Waals surface area (Å²) in [5.41, 5.74) is 2.22. The molecule has 1 aliphatic rings. The van der Waals surface area contributed by atoms with Gasteiger partial charge in [0.25, 0.3) is 0 Å². The van der Waals surface area contributed by atoms with Gasteiger partial charge in [0.2, 0.25) is 11.8 Å². The van der Waals surface area contributed by atoms with Crippen molar-refractivity contribution in [3.05, 3.63) is 59.7 Å². The number of carbonyl (C=O) groups is 2. The maximum Gasteiger partial charge on any atom is 0.227 e. The molecule has 1 aliphatic carbocycles. The van der Waals surface area contributed by atoms with Crippen molar-refractivity contribution in [2.75, 3.05) is 10.6 Å². The number of anilines is 2. The molecule has 6 heteroatoms. The first-order valence-electron chi connectivity index (χ1n) is 9.21. The number of carbonyl (C=O) groups excluding carboxylic acids is 2. The number of benzene rings is 2. The number of hydrogen-bond donors (Lipinski definition) is 2. The summed E-state index contributed by atoms with van der Waals surface area (Å²) in [4.78, 5) is 25.0. The predicted octanol–water partition coefficient (Wildman–Crippen LogP) is 3.81. The lowest BCUT2D eigenvalue weighted by atomic mass is 9.81. The Bertz CT molecular complexity index is 883. The van der Waals surface area contributed by atoms with Crippen molar-refractivity contribution in [1.29, 1.82) is 10.5 Å².